The zero-order valence-electron chi connectivity index (χ0n) is 16.1. The Morgan fingerprint density at radius 2 is 2.15 bits per heavy atom. The van der Waals surface area contributed by atoms with E-state index in [0.29, 0.717) is 17.9 Å². The topological polar surface area (TPSA) is 56.1 Å². The van der Waals surface area contributed by atoms with Crippen molar-refractivity contribution in [3.63, 3.8) is 0 Å². The number of amides is 1. The van der Waals surface area contributed by atoms with Crippen LogP contribution in [0.5, 0.6) is 5.75 Å². The number of rotatable bonds is 8. The number of carbonyl (C=O) groups excluding carboxylic acids is 1. The van der Waals surface area contributed by atoms with Gasteiger partial charge in [0, 0.05) is 32.0 Å². The molecule has 1 aromatic carbocycles. The van der Waals surface area contributed by atoms with Crippen LogP contribution < -0.4 is 10.1 Å². The molecule has 6 heteroatoms. The maximum Gasteiger partial charge on any atom is 0.269 e. The van der Waals surface area contributed by atoms with Gasteiger partial charge in [0.25, 0.3) is 5.91 Å². The third-order valence-corrected chi connectivity index (χ3v) is 3.97. The van der Waals surface area contributed by atoms with Crippen molar-refractivity contribution in [2.24, 2.45) is 7.05 Å². The minimum Gasteiger partial charge on any atom is -0.491 e. The molecular weight excluding hydrogens is 345 g/mol. The number of benzene rings is 1. The highest BCUT2D eigenvalue weighted by Crippen LogP contribution is 2.21. The van der Waals surface area contributed by atoms with E-state index in [1.54, 1.807) is 31.3 Å². The summed E-state index contributed by atoms with van der Waals surface area (Å²) < 4.78 is 21.6. The highest BCUT2D eigenvalue weighted by Gasteiger charge is 2.14. The SMILES string of the molecule is CCC#CCCCCOc1cccc(CNC(=O)c2cc(C)nn2C)c1F. The lowest BCUT2D eigenvalue weighted by atomic mass is 10.2. The van der Waals surface area contributed by atoms with Gasteiger partial charge in [-0.05, 0) is 31.9 Å². The molecule has 27 heavy (non-hydrogen) atoms. The van der Waals surface area contributed by atoms with Gasteiger partial charge in [0.15, 0.2) is 11.6 Å². The number of halogens is 1. The molecule has 2 rings (SSSR count). The van der Waals surface area contributed by atoms with Crippen LogP contribution in [0.25, 0.3) is 0 Å². The molecule has 0 bridgehead atoms. The fourth-order valence-corrected chi connectivity index (χ4v) is 2.60. The molecular formula is C21H26FN3O2. The third kappa shape index (κ3) is 6.14. The summed E-state index contributed by atoms with van der Waals surface area (Å²) in [4.78, 5) is 12.2. The minimum absolute atomic E-state index is 0.0820. The van der Waals surface area contributed by atoms with Gasteiger partial charge in [-0.2, -0.15) is 5.10 Å². The Bertz CT molecular complexity index is 834. The summed E-state index contributed by atoms with van der Waals surface area (Å²) >= 11 is 0. The van der Waals surface area contributed by atoms with Crippen LogP contribution in [0.15, 0.2) is 24.3 Å². The van der Waals surface area contributed by atoms with Crippen LogP contribution >= 0.6 is 0 Å². The molecule has 1 N–H and O–H groups in total. The summed E-state index contributed by atoms with van der Waals surface area (Å²) in [7, 11) is 1.70. The molecule has 0 aliphatic rings. The van der Waals surface area contributed by atoms with Crippen molar-refractivity contribution < 1.29 is 13.9 Å². The van der Waals surface area contributed by atoms with Gasteiger partial charge in [-0.15, -0.1) is 11.8 Å². The van der Waals surface area contributed by atoms with E-state index >= 15 is 0 Å². The Morgan fingerprint density at radius 3 is 2.85 bits per heavy atom. The molecule has 0 aliphatic carbocycles. The number of carbonyl (C=O) groups is 1. The van der Waals surface area contributed by atoms with E-state index in [0.717, 1.165) is 31.4 Å². The first-order chi connectivity index (χ1) is 13.0. The lowest BCUT2D eigenvalue weighted by molar-refractivity contribution is 0.0941. The van der Waals surface area contributed by atoms with Crippen LogP contribution in [-0.2, 0) is 13.6 Å². The van der Waals surface area contributed by atoms with E-state index in [9.17, 15) is 9.18 Å². The maximum atomic E-state index is 14.6. The van der Waals surface area contributed by atoms with Gasteiger partial charge < -0.3 is 10.1 Å². The largest absolute Gasteiger partial charge is 0.491 e. The predicted octanol–water partition coefficient (Wildman–Crippen LogP) is 3.76. The molecule has 5 nitrogen and oxygen atoms in total. The van der Waals surface area contributed by atoms with E-state index in [1.165, 1.54) is 4.68 Å². The second kappa shape index (κ2) is 10.4. The summed E-state index contributed by atoms with van der Waals surface area (Å²) in [6.07, 6.45) is 3.44. The lowest BCUT2D eigenvalue weighted by Gasteiger charge is -2.11. The fraction of sp³-hybridized carbons (Fsp3) is 0.429. The van der Waals surface area contributed by atoms with Crippen LogP contribution in [0.1, 0.15) is 54.4 Å². The molecule has 1 amide bonds. The number of nitrogens with one attached hydrogen (secondary N) is 1. The zero-order valence-corrected chi connectivity index (χ0v) is 16.1. The van der Waals surface area contributed by atoms with E-state index in [4.69, 9.17) is 4.74 Å². The first-order valence-electron chi connectivity index (χ1n) is 9.17. The molecule has 0 unspecified atom stereocenters. The number of hydrogen-bond donors (Lipinski definition) is 1. The summed E-state index contributed by atoms with van der Waals surface area (Å²) in [5.74, 6) is 5.57. The second-order valence-electron chi connectivity index (χ2n) is 6.22. The molecule has 1 heterocycles. The van der Waals surface area contributed by atoms with Crippen LogP contribution in [0.2, 0.25) is 0 Å². The van der Waals surface area contributed by atoms with Crippen molar-refractivity contribution in [1.29, 1.82) is 0 Å². The minimum atomic E-state index is -0.440. The molecule has 0 aliphatic heterocycles. The Kier molecular flexibility index (Phi) is 7.87. The molecule has 0 spiro atoms. The van der Waals surface area contributed by atoms with Crippen LogP contribution in [0.4, 0.5) is 4.39 Å². The van der Waals surface area contributed by atoms with Gasteiger partial charge in [0.2, 0.25) is 0 Å². The van der Waals surface area contributed by atoms with Crippen molar-refractivity contribution in [2.45, 2.75) is 46.1 Å². The smallest absolute Gasteiger partial charge is 0.269 e. The van der Waals surface area contributed by atoms with Gasteiger partial charge in [-0.25, -0.2) is 4.39 Å². The summed E-state index contributed by atoms with van der Waals surface area (Å²) in [5, 5.41) is 6.86. The number of ether oxygens (including phenoxy) is 1. The Balaban J connectivity index is 1.86. The van der Waals surface area contributed by atoms with Gasteiger partial charge in [0.05, 0.1) is 12.3 Å². The molecule has 2 aromatic rings. The van der Waals surface area contributed by atoms with E-state index in [-0.39, 0.29) is 18.2 Å². The number of hydrogen-bond acceptors (Lipinski definition) is 3. The Labute approximate surface area is 159 Å². The number of unbranched alkanes of at least 4 members (excludes halogenated alkanes) is 2. The molecule has 0 fully saturated rings. The molecule has 0 radical (unpaired) electrons. The highest BCUT2D eigenvalue weighted by atomic mass is 19.1. The van der Waals surface area contributed by atoms with Crippen LogP contribution in [-0.4, -0.2) is 22.3 Å². The molecule has 0 saturated heterocycles. The summed E-state index contributed by atoms with van der Waals surface area (Å²) in [5.41, 5.74) is 1.57. The van der Waals surface area contributed by atoms with Gasteiger partial charge in [-0.1, -0.05) is 19.1 Å². The van der Waals surface area contributed by atoms with Gasteiger partial charge in [-0.3, -0.25) is 9.48 Å². The molecule has 0 saturated carbocycles. The molecule has 1 aromatic heterocycles. The first kappa shape index (κ1) is 20.5. The lowest BCUT2D eigenvalue weighted by Crippen LogP contribution is -2.25. The maximum absolute atomic E-state index is 14.6. The van der Waals surface area contributed by atoms with Crippen LogP contribution in [0, 0.1) is 24.6 Å². The number of aryl methyl sites for hydroxylation is 2. The Hall–Kier alpha value is -2.81. The highest BCUT2D eigenvalue weighted by molar-refractivity contribution is 5.92. The van der Waals surface area contributed by atoms with E-state index < -0.39 is 5.82 Å². The van der Waals surface area contributed by atoms with Gasteiger partial charge in [0.1, 0.15) is 5.69 Å². The van der Waals surface area contributed by atoms with Crippen molar-refractivity contribution >= 4 is 5.91 Å². The van der Waals surface area contributed by atoms with Crippen molar-refractivity contribution in [3.8, 4) is 17.6 Å². The zero-order chi connectivity index (χ0) is 19.6. The van der Waals surface area contributed by atoms with Crippen molar-refractivity contribution in [1.82, 2.24) is 15.1 Å². The number of nitrogens with zero attached hydrogens (tertiary/aromatic N) is 2. The number of aromatic nitrogens is 2. The summed E-state index contributed by atoms with van der Waals surface area (Å²) in [6, 6.07) is 6.65. The quantitative estimate of drug-likeness (QED) is 0.568. The third-order valence-electron chi connectivity index (χ3n) is 3.97. The molecule has 144 valence electrons. The fourth-order valence-electron chi connectivity index (χ4n) is 2.60. The average molecular weight is 371 g/mol. The monoisotopic (exact) mass is 371 g/mol. The average Bonchev–Trinajstić information content (AvgIpc) is 2.99. The van der Waals surface area contributed by atoms with Crippen molar-refractivity contribution in [2.75, 3.05) is 6.61 Å². The Morgan fingerprint density at radius 1 is 1.33 bits per heavy atom. The predicted molar refractivity (Wildman–Crippen MR) is 103 cm³/mol. The summed E-state index contributed by atoms with van der Waals surface area (Å²) in [6.45, 7) is 4.35. The standard InChI is InChI=1S/C21H26FN3O2/c1-4-5-6-7-8-9-13-27-19-12-10-11-17(20(19)22)15-23-21(26)18-14-16(2)24-25(18)3/h10-12,14H,4,7-9,13,15H2,1-3H3,(H,23,26). The first-order valence-corrected chi connectivity index (χ1v) is 9.17. The normalized spacial score (nSPS) is 10.2. The van der Waals surface area contributed by atoms with Gasteiger partial charge >= 0.3 is 0 Å². The van der Waals surface area contributed by atoms with E-state index in [1.807, 2.05) is 13.8 Å². The second-order valence-corrected chi connectivity index (χ2v) is 6.22. The van der Waals surface area contributed by atoms with E-state index in [2.05, 4.69) is 22.3 Å². The van der Waals surface area contributed by atoms with Crippen molar-refractivity contribution in [3.05, 3.63) is 47.0 Å². The van der Waals surface area contributed by atoms with Crippen LogP contribution in [0.3, 0.4) is 0 Å². The molecule has 0 atom stereocenters.